The van der Waals surface area contributed by atoms with Crippen LogP contribution in [0, 0.1) is 0 Å². The van der Waals surface area contributed by atoms with Crippen molar-refractivity contribution in [1.29, 1.82) is 0 Å². The number of nitrogens with zero attached hydrogens (tertiary/aromatic N) is 6. The van der Waals surface area contributed by atoms with Gasteiger partial charge in [0.05, 0.1) is 28.0 Å². The highest BCUT2D eigenvalue weighted by Crippen LogP contribution is 2.34. The van der Waals surface area contributed by atoms with Crippen molar-refractivity contribution in [1.82, 2.24) is 29.3 Å². The molecule has 20 nitrogen and oxygen atoms in total. The molecule has 0 saturated carbocycles. The predicted octanol–water partition coefficient (Wildman–Crippen LogP) is 11.2. The molecule has 3 heterocycles. The minimum Gasteiger partial charge on any atom is -0.481 e. The number of hydrogen-bond donors (Lipinski definition) is 5. The number of para-hydroxylation sites is 1. The highest BCUT2D eigenvalue weighted by atomic mass is 32.2. The fourth-order valence-electron chi connectivity index (χ4n) is 9.40. The Kier molecular flexibility index (Phi) is 20.8. The number of hydrogen-bond acceptors (Lipinski definition) is 15. The van der Waals surface area contributed by atoms with Crippen molar-refractivity contribution in [2.45, 2.75) is 98.7 Å². The smallest absolute Gasteiger partial charge is 0.307 e. The minimum absolute atomic E-state index is 0.0551. The van der Waals surface area contributed by atoms with Crippen LogP contribution in [0.2, 0.25) is 0 Å². The summed E-state index contributed by atoms with van der Waals surface area (Å²) >= 11 is 0. The van der Waals surface area contributed by atoms with Gasteiger partial charge in [0.25, 0.3) is 16.7 Å². The van der Waals surface area contributed by atoms with Gasteiger partial charge in [-0.2, -0.15) is 15.3 Å². The molecule has 448 valence electrons. The van der Waals surface area contributed by atoms with Crippen LogP contribution in [0.5, 0.6) is 0 Å². The fraction of sp³-hybridized carbons (Fsp3) is 0.212. The predicted molar refractivity (Wildman–Crippen MR) is 339 cm³/mol. The van der Waals surface area contributed by atoms with E-state index < -0.39 is 27.1 Å². The normalized spacial score (nSPS) is 11.1. The van der Waals surface area contributed by atoms with Crippen LogP contribution in [0.25, 0.3) is 33.8 Å². The number of primary sulfonamides is 1. The van der Waals surface area contributed by atoms with E-state index in [4.69, 9.17) is 10.2 Å². The number of aromatic nitrogens is 6. The van der Waals surface area contributed by atoms with Gasteiger partial charge in [0.2, 0.25) is 10.0 Å². The number of ketones is 3. The van der Waals surface area contributed by atoms with E-state index in [-0.39, 0.29) is 67.8 Å². The van der Waals surface area contributed by atoms with Gasteiger partial charge >= 0.3 is 5.97 Å². The third kappa shape index (κ3) is 15.6. The molecule has 0 unspecified atom stereocenters. The fourth-order valence-corrected chi connectivity index (χ4v) is 9.92. The van der Waals surface area contributed by atoms with Crippen LogP contribution in [-0.4, -0.2) is 66.2 Å². The monoisotopic (exact) mass is 1190 g/mol. The van der Waals surface area contributed by atoms with Crippen LogP contribution in [0.3, 0.4) is 0 Å². The molecule has 3 aromatic heterocycles. The molecule has 0 spiro atoms. The summed E-state index contributed by atoms with van der Waals surface area (Å²) in [6.45, 7) is 17.1. The summed E-state index contributed by atoms with van der Waals surface area (Å²) in [5.74, 6) is -1.72. The molecule has 0 fully saturated rings. The summed E-state index contributed by atoms with van der Waals surface area (Å²) < 4.78 is 26.9. The van der Waals surface area contributed by atoms with E-state index >= 15 is 0 Å². The first-order chi connectivity index (χ1) is 41.4. The van der Waals surface area contributed by atoms with Gasteiger partial charge in [-0.3, -0.25) is 33.6 Å². The zero-order chi connectivity index (χ0) is 63.3. The molecule has 87 heavy (non-hydrogen) atoms. The lowest BCUT2D eigenvalue weighted by Crippen LogP contribution is -2.28. The van der Waals surface area contributed by atoms with E-state index in [9.17, 15) is 42.0 Å². The molecule has 9 aromatic rings. The van der Waals surface area contributed by atoms with Gasteiger partial charge < -0.3 is 21.1 Å². The largest absolute Gasteiger partial charge is 0.481 e. The summed E-state index contributed by atoms with van der Waals surface area (Å²) in [7, 11) is -3.83. The van der Waals surface area contributed by atoms with E-state index in [2.05, 4.69) is 52.0 Å². The second-order valence-electron chi connectivity index (χ2n) is 20.9. The van der Waals surface area contributed by atoms with Crippen molar-refractivity contribution in [2.24, 2.45) is 5.14 Å². The summed E-state index contributed by atoms with van der Waals surface area (Å²) in [5.41, 5.74) is 7.03. The maximum atomic E-state index is 13.2. The standard InChI is InChI=1S/C24H27N3O2.C22H21N3O4.C20H20N4O4S/c1-6-27-23(29)22(25-19-15-11-10-14-18(19)24(3,4)5)20(16(2)28)21(26-27)17-12-8-7-9-13-17;1-3-25-22(29)21(23-17-11-9-15(10-12-17)13-18(27)28)19(14(2)26)20(24-25)16-7-5-4-6-8-16;1-3-24-20(26)19(22-15-9-11-16(12-10-15)29(21,27)28)17(13(2)25)18(23-24)14-7-5-4-6-8-14/h7-15,25H,6H2,1-5H3;4-12,23H,3,13H2,1-2H3,(H,27,28);4-12,22H,3H2,1-2H3,(H2,21,27,28). The molecule has 0 aliphatic rings. The lowest BCUT2D eigenvalue weighted by Gasteiger charge is -2.24. The van der Waals surface area contributed by atoms with Crippen LogP contribution in [0.15, 0.2) is 183 Å². The van der Waals surface area contributed by atoms with Crippen molar-refractivity contribution < 1.29 is 32.7 Å². The Balaban J connectivity index is 0.000000186. The lowest BCUT2D eigenvalue weighted by molar-refractivity contribution is -0.136. The van der Waals surface area contributed by atoms with Gasteiger partial charge in [0.1, 0.15) is 34.1 Å². The van der Waals surface area contributed by atoms with E-state index in [1.807, 2.05) is 122 Å². The zero-order valence-corrected chi connectivity index (χ0v) is 50.5. The number of rotatable bonds is 18. The molecule has 21 heteroatoms. The highest BCUT2D eigenvalue weighted by Gasteiger charge is 2.27. The molecular formula is C66H68N10O10S. The third-order valence-corrected chi connectivity index (χ3v) is 14.5. The average Bonchev–Trinajstić information content (AvgIpc) is 1.88. The molecule has 0 saturated heterocycles. The zero-order valence-electron chi connectivity index (χ0n) is 49.7. The van der Waals surface area contributed by atoms with E-state index in [0.29, 0.717) is 64.8 Å². The van der Waals surface area contributed by atoms with Gasteiger partial charge in [-0.15, -0.1) is 0 Å². The maximum absolute atomic E-state index is 13.2. The first-order valence-electron chi connectivity index (χ1n) is 27.8. The summed E-state index contributed by atoms with van der Waals surface area (Å²) in [4.78, 5) is 87.4. The minimum atomic E-state index is -3.83. The number of aryl methyl sites for hydroxylation is 3. The van der Waals surface area contributed by atoms with Crippen molar-refractivity contribution >= 4 is 67.5 Å². The quantitative estimate of drug-likeness (QED) is 0.0499. The second kappa shape index (κ2) is 28.1. The molecule has 0 aliphatic carbocycles. The Labute approximate surface area is 503 Å². The lowest BCUT2D eigenvalue weighted by atomic mass is 9.85. The van der Waals surface area contributed by atoms with Gasteiger partial charge in [0.15, 0.2) is 17.3 Å². The van der Waals surface area contributed by atoms with Gasteiger partial charge in [-0.25, -0.2) is 27.6 Å². The molecule has 0 atom stereocenters. The van der Waals surface area contributed by atoms with Crippen LogP contribution >= 0.6 is 0 Å². The van der Waals surface area contributed by atoms with E-state index in [1.165, 1.54) is 59.1 Å². The van der Waals surface area contributed by atoms with E-state index in [1.54, 1.807) is 38.1 Å². The van der Waals surface area contributed by atoms with Crippen molar-refractivity contribution in [3.8, 4) is 33.8 Å². The third-order valence-electron chi connectivity index (χ3n) is 13.6. The Morgan fingerprint density at radius 1 is 0.483 bits per heavy atom. The summed E-state index contributed by atoms with van der Waals surface area (Å²) in [6, 6.07) is 48.0. The molecule has 9 rings (SSSR count). The van der Waals surface area contributed by atoms with Crippen molar-refractivity contribution in [3.05, 3.63) is 223 Å². The molecule has 6 N–H and O–H groups in total. The first kappa shape index (κ1) is 64.3. The SMILES string of the molecule is CCn1nc(-c2ccccc2)c(C(C)=O)c(Nc2ccc(CC(=O)O)cc2)c1=O.CCn1nc(-c2ccccc2)c(C(C)=O)c(Nc2ccc(S(N)(=O)=O)cc2)c1=O.CCn1nc(-c2ccccc2)c(C(C)=O)c(Nc2ccccc2C(C)(C)C)c1=O. The number of nitrogens with one attached hydrogen (secondary N) is 3. The molecule has 6 aromatic carbocycles. The average molecular weight is 1190 g/mol. The van der Waals surface area contributed by atoms with Crippen molar-refractivity contribution in [2.75, 3.05) is 16.0 Å². The molecule has 0 aliphatic heterocycles. The number of sulfonamides is 1. The number of carboxylic acids is 1. The maximum Gasteiger partial charge on any atom is 0.307 e. The number of carbonyl (C=O) groups excluding carboxylic acids is 3. The number of benzene rings is 6. The van der Waals surface area contributed by atoms with Crippen LogP contribution < -0.4 is 37.8 Å². The summed E-state index contributed by atoms with van der Waals surface area (Å²) in [5, 5.41) is 36.6. The Morgan fingerprint density at radius 3 is 1.11 bits per heavy atom. The Bertz CT molecular complexity index is 4300. The van der Waals surface area contributed by atoms with Gasteiger partial charge in [0, 0.05) is 53.4 Å². The molecule has 0 bridgehead atoms. The van der Waals surface area contributed by atoms with Gasteiger partial charge in [-0.05, 0) is 101 Å². The number of aliphatic carboxylic acids is 1. The number of Topliss-reactive ketones (excluding diaryl/α,β-unsaturated/α-hetero) is 3. The Morgan fingerprint density at radius 2 is 0.805 bits per heavy atom. The summed E-state index contributed by atoms with van der Waals surface area (Å²) in [6.07, 6.45) is -0.0883. The highest BCUT2D eigenvalue weighted by molar-refractivity contribution is 7.89. The number of carbonyl (C=O) groups is 4. The van der Waals surface area contributed by atoms with E-state index in [0.717, 1.165) is 22.4 Å². The van der Waals surface area contributed by atoms with Crippen molar-refractivity contribution in [3.63, 3.8) is 0 Å². The number of anilines is 6. The molecule has 0 amide bonds. The number of nitrogens with two attached hydrogens (primary N) is 1. The van der Waals surface area contributed by atoms with Crippen LogP contribution in [-0.2, 0) is 46.3 Å². The molecular weight excluding hydrogens is 1120 g/mol. The number of carboxylic acid groups (broad SMARTS) is 1. The first-order valence-corrected chi connectivity index (χ1v) is 29.4. The molecule has 0 radical (unpaired) electrons. The topological polar surface area (TPSA) is 289 Å². The Hall–Kier alpha value is -10.3. The second-order valence-corrected chi connectivity index (χ2v) is 22.5. The van der Waals surface area contributed by atoms with Crippen LogP contribution in [0.1, 0.15) is 105 Å². The van der Waals surface area contributed by atoms with Gasteiger partial charge in [-0.1, -0.05) is 142 Å². The van der Waals surface area contributed by atoms with Crippen LogP contribution in [0.4, 0.5) is 34.1 Å².